The molecule has 0 spiro atoms. The molecule has 27 heavy (non-hydrogen) atoms. The van der Waals surface area contributed by atoms with Gasteiger partial charge in [-0.15, -0.1) is 0 Å². The number of carbonyl (C=O) groups is 1. The van der Waals surface area contributed by atoms with Crippen LogP contribution in [0.5, 0.6) is 5.75 Å². The highest BCUT2D eigenvalue weighted by atomic mass is 16.7. The third-order valence-electron chi connectivity index (χ3n) is 4.61. The first-order chi connectivity index (χ1) is 13.2. The number of hydrogen-bond donors (Lipinski definition) is 1. The number of ether oxygens (including phenoxy) is 1. The molecule has 3 rings (SSSR count). The van der Waals surface area contributed by atoms with E-state index >= 15 is 0 Å². The summed E-state index contributed by atoms with van der Waals surface area (Å²) in [6.07, 6.45) is 3.44. The Hall–Kier alpha value is -3.07. The Kier molecular flexibility index (Phi) is 6.26. The van der Waals surface area contributed by atoms with Crippen molar-refractivity contribution in [3.8, 4) is 28.0 Å². The van der Waals surface area contributed by atoms with Crippen molar-refractivity contribution in [1.29, 1.82) is 0 Å². The van der Waals surface area contributed by atoms with E-state index in [1.54, 1.807) is 12.1 Å². The van der Waals surface area contributed by atoms with Crippen LogP contribution >= 0.6 is 0 Å². The fraction of sp³-hybridized carbons (Fsp3) is 0.208. The number of unbranched alkanes of at least 4 members (excludes halogenated alkanes) is 2. The Morgan fingerprint density at radius 3 is 2.22 bits per heavy atom. The van der Waals surface area contributed by atoms with E-state index in [9.17, 15) is 4.79 Å². The van der Waals surface area contributed by atoms with Gasteiger partial charge in [-0.25, -0.2) is 4.79 Å². The minimum atomic E-state index is -1.31. The molecule has 0 unspecified atom stereocenters. The van der Waals surface area contributed by atoms with Gasteiger partial charge in [-0.2, -0.15) is 0 Å². The van der Waals surface area contributed by atoms with Crippen LogP contribution in [0.25, 0.3) is 22.3 Å². The van der Waals surface area contributed by atoms with Crippen LogP contribution in [-0.2, 0) is 6.42 Å². The topological polar surface area (TPSA) is 46.5 Å². The van der Waals surface area contributed by atoms with Gasteiger partial charge < -0.3 is 9.84 Å². The normalized spacial score (nSPS) is 10.6. The van der Waals surface area contributed by atoms with Crippen LogP contribution < -0.4 is 4.74 Å². The van der Waals surface area contributed by atoms with E-state index < -0.39 is 6.16 Å². The first kappa shape index (κ1) is 18.7. The van der Waals surface area contributed by atoms with Crippen LogP contribution in [0.2, 0.25) is 0 Å². The SMILES string of the molecule is CCCCCc1ccc(-c2cc(OC(=O)O)ccc2-c2ccccc2)cc1. The molecule has 0 atom stereocenters. The molecule has 0 saturated heterocycles. The molecule has 0 saturated carbocycles. The number of aryl methyl sites for hydroxylation is 1. The van der Waals surface area contributed by atoms with Crippen LogP contribution in [0.3, 0.4) is 0 Å². The zero-order chi connectivity index (χ0) is 19.1. The van der Waals surface area contributed by atoms with Gasteiger partial charge in [0.25, 0.3) is 0 Å². The molecular weight excluding hydrogens is 336 g/mol. The maximum Gasteiger partial charge on any atom is 0.511 e. The summed E-state index contributed by atoms with van der Waals surface area (Å²) in [5, 5.41) is 8.93. The van der Waals surface area contributed by atoms with Crippen molar-refractivity contribution >= 4 is 6.16 Å². The predicted molar refractivity (Wildman–Crippen MR) is 109 cm³/mol. The lowest BCUT2D eigenvalue weighted by molar-refractivity contribution is 0.144. The van der Waals surface area contributed by atoms with Gasteiger partial charge in [0.1, 0.15) is 5.75 Å². The third kappa shape index (κ3) is 4.98. The zero-order valence-corrected chi connectivity index (χ0v) is 15.5. The molecule has 1 N–H and O–H groups in total. The molecule has 0 fully saturated rings. The Bertz CT molecular complexity index is 883. The second kappa shape index (κ2) is 9.04. The molecule has 3 heteroatoms. The maximum atomic E-state index is 10.9. The van der Waals surface area contributed by atoms with Crippen molar-refractivity contribution in [1.82, 2.24) is 0 Å². The maximum absolute atomic E-state index is 10.9. The van der Waals surface area contributed by atoms with Gasteiger partial charge in [0.2, 0.25) is 0 Å². The van der Waals surface area contributed by atoms with Crippen molar-refractivity contribution in [2.45, 2.75) is 32.6 Å². The second-order valence-corrected chi connectivity index (χ2v) is 6.60. The van der Waals surface area contributed by atoms with E-state index in [0.29, 0.717) is 5.75 Å². The van der Waals surface area contributed by atoms with E-state index in [2.05, 4.69) is 43.3 Å². The van der Waals surface area contributed by atoms with E-state index in [1.165, 1.54) is 24.8 Å². The molecule has 3 aromatic rings. The summed E-state index contributed by atoms with van der Waals surface area (Å²) in [4.78, 5) is 10.9. The number of carboxylic acid groups (broad SMARTS) is 1. The average molecular weight is 360 g/mol. The minimum absolute atomic E-state index is 0.323. The molecule has 0 radical (unpaired) electrons. The standard InChI is InChI=1S/C24H24O3/c1-2-3-5-8-18-11-13-20(14-12-18)23-17-21(27-24(25)26)15-16-22(23)19-9-6-4-7-10-19/h4,6-7,9-17H,2-3,5,8H2,1H3,(H,25,26). The van der Waals surface area contributed by atoms with Gasteiger partial charge in [-0.05, 0) is 52.8 Å². The molecule has 0 bridgehead atoms. The Labute approximate surface area is 160 Å². The minimum Gasteiger partial charge on any atom is -0.449 e. The second-order valence-electron chi connectivity index (χ2n) is 6.60. The quantitative estimate of drug-likeness (QED) is 0.286. The Morgan fingerprint density at radius 2 is 1.56 bits per heavy atom. The van der Waals surface area contributed by atoms with Crippen LogP contribution in [-0.4, -0.2) is 11.3 Å². The summed E-state index contributed by atoms with van der Waals surface area (Å²) in [6.45, 7) is 2.21. The molecule has 3 aromatic carbocycles. The van der Waals surface area contributed by atoms with Gasteiger partial charge in [0.05, 0.1) is 0 Å². The van der Waals surface area contributed by atoms with E-state index in [0.717, 1.165) is 28.7 Å². The van der Waals surface area contributed by atoms with E-state index in [1.807, 2.05) is 24.3 Å². The largest absolute Gasteiger partial charge is 0.511 e. The molecular formula is C24H24O3. The van der Waals surface area contributed by atoms with Gasteiger partial charge in [0, 0.05) is 0 Å². The Balaban J connectivity index is 1.97. The molecule has 0 aromatic heterocycles. The molecule has 0 aliphatic rings. The van der Waals surface area contributed by atoms with E-state index in [-0.39, 0.29) is 0 Å². The van der Waals surface area contributed by atoms with Crippen LogP contribution in [0.1, 0.15) is 31.7 Å². The van der Waals surface area contributed by atoms with Crippen molar-refractivity contribution in [3.05, 3.63) is 78.4 Å². The highest BCUT2D eigenvalue weighted by molar-refractivity contribution is 5.84. The summed E-state index contributed by atoms with van der Waals surface area (Å²) in [6, 6.07) is 24.0. The summed E-state index contributed by atoms with van der Waals surface area (Å²) in [7, 11) is 0. The summed E-state index contributed by atoms with van der Waals surface area (Å²) in [5.74, 6) is 0.323. The number of benzene rings is 3. The zero-order valence-electron chi connectivity index (χ0n) is 15.5. The molecule has 0 heterocycles. The number of hydrogen-bond acceptors (Lipinski definition) is 2. The lowest BCUT2D eigenvalue weighted by Crippen LogP contribution is -2.03. The molecule has 3 nitrogen and oxygen atoms in total. The van der Waals surface area contributed by atoms with Crippen molar-refractivity contribution in [3.63, 3.8) is 0 Å². The fourth-order valence-electron chi connectivity index (χ4n) is 3.23. The summed E-state index contributed by atoms with van der Waals surface area (Å²) >= 11 is 0. The van der Waals surface area contributed by atoms with Crippen LogP contribution in [0.4, 0.5) is 4.79 Å². The molecule has 0 aliphatic heterocycles. The monoisotopic (exact) mass is 360 g/mol. The molecule has 0 aliphatic carbocycles. The predicted octanol–water partition coefficient (Wildman–Crippen LogP) is 6.81. The van der Waals surface area contributed by atoms with Crippen molar-refractivity contribution < 1.29 is 14.6 Å². The van der Waals surface area contributed by atoms with Crippen molar-refractivity contribution in [2.75, 3.05) is 0 Å². The first-order valence-corrected chi connectivity index (χ1v) is 9.37. The van der Waals surface area contributed by atoms with Gasteiger partial charge in [-0.1, -0.05) is 80.4 Å². The summed E-state index contributed by atoms with van der Waals surface area (Å²) < 4.78 is 4.87. The molecule has 138 valence electrons. The van der Waals surface area contributed by atoms with E-state index in [4.69, 9.17) is 9.84 Å². The molecule has 0 amide bonds. The first-order valence-electron chi connectivity index (χ1n) is 9.37. The van der Waals surface area contributed by atoms with Gasteiger partial charge >= 0.3 is 6.16 Å². The average Bonchev–Trinajstić information content (AvgIpc) is 2.69. The third-order valence-corrected chi connectivity index (χ3v) is 4.61. The lowest BCUT2D eigenvalue weighted by Gasteiger charge is -2.13. The van der Waals surface area contributed by atoms with Crippen LogP contribution in [0.15, 0.2) is 72.8 Å². The fourth-order valence-corrected chi connectivity index (χ4v) is 3.23. The van der Waals surface area contributed by atoms with Crippen LogP contribution in [0, 0.1) is 0 Å². The Morgan fingerprint density at radius 1 is 0.852 bits per heavy atom. The van der Waals surface area contributed by atoms with Crippen molar-refractivity contribution in [2.24, 2.45) is 0 Å². The summed E-state index contributed by atoms with van der Waals surface area (Å²) in [5.41, 5.74) is 5.46. The van der Waals surface area contributed by atoms with Gasteiger partial charge in [-0.3, -0.25) is 0 Å². The highest BCUT2D eigenvalue weighted by Crippen LogP contribution is 2.35. The highest BCUT2D eigenvalue weighted by Gasteiger charge is 2.11. The lowest BCUT2D eigenvalue weighted by atomic mass is 9.93. The number of rotatable bonds is 7. The van der Waals surface area contributed by atoms with Gasteiger partial charge in [0.15, 0.2) is 0 Å². The smallest absolute Gasteiger partial charge is 0.449 e.